The van der Waals surface area contributed by atoms with E-state index in [2.05, 4.69) is 5.32 Å². The summed E-state index contributed by atoms with van der Waals surface area (Å²) in [6, 6.07) is 4.74. The van der Waals surface area contributed by atoms with Crippen molar-refractivity contribution in [3.8, 4) is 11.5 Å². The van der Waals surface area contributed by atoms with Crippen LogP contribution in [0.25, 0.3) is 0 Å². The number of nitrogens with two attached hydrogens (primary N) is 1. The summed E-state index contributed by atoms with van der Waals surface area (Å²) < 4.78 is 10.5. The first-order valence-corrected chi connectivity index (χ1v) is 6.27. The molecule has 1 aromatic carbocycles. The normalized spacial score (nSPS) is 10.4. The smallest absolute Gasteiger partial charge is 0.328 e. The van der Waals surface area contributed by atoms with Gasteiger partial charge in [0.2, 0.25) is 0 Å². The third-order valence-electron chi connectivity index (χ3n) is 2.45. The number of hydrogen-bond donors (Lipinski definition) is 3. The summed E-state index contributed by atoms with van der Waals surface area (Å²) in [5.74, 6) is -0.487. The van der Waals surface area contributed by atoms with Crippen molar-refractivity contribution >= 4 is 11.9 Å². The molecule has 0 aliphatic rings. The highest BCUT2D eigenvalue weighted by Crippen LogP contribution is 2.24. The fraction of sp³-hybridized carbons (Fsp3) is 0.286. The summed E-state index contributed by atoms with van der Waals surface area (Å²) in [6.07, 6.45) is 2.36. The molecule has 0 atom stereocenters. The maximum Gasteiger partial charge on any atom is 0.328 e. The van der Waals surface area contributed by atoms with Gasteiger partial charge in [0.05, 0.1) is 12.7 Å². The summed E-state index contributed by atoms with van der Waals surface area (Å²) in [5.41, 5.74) is 5.70. The molecule has 7 heteroatoms. The predicted octanol–water partition coefficient (Wildman–Crippen LogP) is 0.403. The fourth-order valence-electron chi connectivity index (χ4n) is 1.52. The van der Waals surface area contributed by atoms with E-state index in [1.165, 1.54) is 13.2 Å². The lowest BCUT2D eigenvalue weighted by Crippen LogP contribution is -2.29. The maximum absolute atomic E-state index is 11.9. The van der Waals surface area contributed by atoms with E-state index < -0.39 is 5.97 Å². The van der Waals surface area contributed by atoms with E-state index in [1.54, 1.807) is 18.2 Å². The SMILES string of the molecule is COc1cc(OC/C=C/C(=O)O)ccc1C(=O)NCCN. The molecule has 21 heavy (non-hydrogen) atoms. The number of ether oxygens (including phenoxy) is 2. The molecule has 1 rings (SSSR count). The Balaban J connectivity index is 2.74. The zero-order chi connectivity index (χ0) is 15.7. The molecule has 1 amide bonds. The predicted molar refractivity (Wildman–Crippen MR) is 76.7 cm³/mol. The van der Waals surface area contributed by atoms with Crippen LogP contribution in [0, 0.1) is 0 Å². The highest BCUT2D eigenvalue weighted by Gasteiger charge is 2.12. The van der Waals surface area contributed by atoms with E-state index >= 15 is 0 Å². The van der Waals surface area contributed by atoms with Crippen molar-refractivity contribution in [3.05, 3.63) is 35.9 Å². The zero-order valence-electron chi connectivity index (χ0n) is 11.7. The maximum atomic E-state index is 11.9. The number of carboxylic acids is 1. The van der Waals surface area contributed by atoms with E-state index in [0.29, 0.717) is 30.2 Å². The molecule has 0 radical (unpaired) electrons. The molecule has 0 bridgehead atoms. The number of aliphatic carboxylic acids is 1. The van der Waals surface area contributed by atoms with Gasteiger partial charge in [-0.1, -0.05) is 0 Å². The molecular weight excluding hydrogens is 276 g/mol. The Labute approximate surface area is 122 Å². The van der Waals surface area contributed by atoms with Crippen LogP contribution < -0.4 is 20.5 Å². The zero-order valence-corrected chi connectivity index (χ0v) is 11.7. The Morgan fingerprint density at radius 1 is 1.43 bits per heavy atom. The third kappa shape index (κ3) is 5.53. The number of nitrogens with one attached hydrogen (secondary N) is 1. The Bertz CT molecular complexity index is 528. The number of hydrogen-bond acceptors (Lipinski definition) is 5. The minimum atomic E-state index is -1.04. The summed E-state index contributed by atoms with van der Waals surface area (Å²) in [5, 5.41) is 11.1. The first kappa shape index (κ1) is 16.5. The topological polar surface area (TPSA) is 111 Å². The lowest BCUT2D eigenvalue weighted by molar-refractivity contribution is -0.131. The first-order valence-electron chi connectivity index (χ1n) is 6.27. The van der Waals surface area contributed by atoms with Gasteiger partial charge in [0.1, 0.15) is 18.1 Å². The minimum absolute atomic E-state index is 0.105. The minimum Gasteiger partial charge on any atom is -0.496 e. The molecule has 4 N–H and O–H groups in total. The number of methoxy groups -OCH3 is 1. The van der Waals surface area contributed by atoms with Gasteiger partial charge in [0.25, 0.3) is 5.91 Å². The number of carboxylic acid groups (broad SMARTS) is 1. The first-order chi connectivity index (χ1) is 10.1. The van der Waals surface area contributed by atoms with Gasteiger partial charge >= 0.3 is 5.97 Å². The van der Waals surface area contributed by atoms with Crippen LogP contribution in [0.5, 0.6) is 11.5 Å². The van der Waals surface area contributed by atoms with Crippen molar-refractivity contribution in [2.24, 2.45) is 5.73 Å². The van der Waals surface area contributed by atoms with Gasteiger partial charge in [-0.15, -0.1) is 0 Å². The average Bonchev–Trinajstić information content (AvgIpc) is 2.48. The van der Waals surface area contributed by atoms with E-state index in [0.717, 1.165) is 6.08 Å². The van der Waals surface area contributed by atoms with Crippen LogP contribution in [0.2, 0.25) is 0 Å². The standard InChI is InChI=1S/C14H18N2O5/c1-20-12-9-10(21-8-2-3-13(17)18)4-5-11(12)14(19)16-7-6-15/h2-5,9H,6-8,15H2,1H3,(H,16,19)(H,17,18)/b3-2+. The molecule has 0 fully saturated rings. The van der Waals surface area contributed by atoms with Crippen LogP contribution in [0.4, 0.5) is 0 Å². The molecule has 1 aromatic rings. The highest BCUT2D eigenvalue weighted by atomic mass is 16.5. The second-order valence-corrected chi connectivity index (χ2v) is 3.96. The van der Waals surface area contributed by atoms with Gasteiger partial charge < -0.3 is 25.6 Å². The van der Waals surface area contributed by atoms with Crippen LogP contribution in [0.15, 0.2) is 30.4 Å². The van der Waals surface area contributed by atoms with Crippen LogP contribution >= 0.6 is 0 Å². The molecule has 0 saturated carbocycles. The van der Waals surface area contributed by atoms with Crippen molar-refractivity contribution < 1.29 is 24.2 Å². The van der Waals surface area contributed by atoms with Crippen molar-refractivity contribution in [3.63, 3.8) is 0 Å². The second kappa shape index (κ2) is 8.60. The van der Waals surface area contributed by atoms with Crippen LogP contribution in [-0.2, 0) is 4.79 Å². The molecule has 0 saturated heterocycles. The van der Waals surface area contributed by atoms with Gasteiger partial charge in [-0.2, -0.15) is 0 Å². The molecule has 7 nitrogen and oxygen atoms in total. The third-order valence-corrected chi connectivity index (χ3v) is 2.45. The molecule has 114 valence electrons. The highest BCUT2D eigenvalue weighted by molar-refractivity contribution is 5.97. The quantitative estimate of drug-likeness (QED) is 0.599. The van der Waals surface area contributed by atoms with E-state index in [4.69, 9.17) is 20.3 Å². The van der Waals surface area contributed by atoms with E-state index in [-0.39, 0.29) is 12.5 Å². The molecule has 0 spiro atoms. The number of carbonyl (C=O) groups excluding carboxylic acids is 1. The lowest BCUT2D eigenvalue weighted by Gasteiger charge is -2.11. The van der Waals surface area contributed by atoms with E-state index in [9.17, 15) is 9.59 Å². The Kier molecular flexibility index (Phi) is 6.76. The Morgan fingerprint density at radius 3 is 2.81 bits per heavy atom. The van der Waals surface area contributed by atoms with Crippen molar-refractivity contribution in [2.75, 3.05) is 26.8 Å². The van der Waals surface area contributed by atoms with Crippen molar-refractivity contribution in [2.45, 2.75) is 0 Å². The van der Waals surface area contributed by atoms with Crippen molar-refractivity contribution in [1.29, 1.82) is 0 Å². The molecule has 0 heterocycles. The van der Waals surface area contributed by atoms with Crippen LogP contribution in [0.3, 0.4) is 0 Å². The summed E-state index contributed by atoms with van der Waals surface area (Å²) in [7, 11) is 1.45. The molecule has 0 aromatic heterocycles. The average molecular weight is 294 g/mol. The van der Waals surface area contributed by atoms with Gasteiger partial charge in [0.15, 0.2) is 0 Å². The Morgan fingerprint density at radius 2 is 2.19 bits per heavy atom. The summed E-state index contributed by atoms with van der Waals surface area (Å²) in [4.78, 5) is 22.2. The Hall–Kier alpha value is -2.54. The number of amides is 1. The monoisotopic (exact) mass is 294 g/mol. The van der Waals surface area contributed by atoms with Crippen LogP contribution in [-0.4, -0.2) is 43.8 Å². The van der Waals surface area contributed by atoms with Crippen molar-refractivity contribution in [1.82, 2.24) is 5.32 Å². The van der Waals surface area contributed by atoms with Crippen LogP contribution in [0.1, 0.15) is 10.4 Å². The second-order valence-electron chi connectivity index (χ2n) is 3.96. The molecule has 0 aliphatic heterocycles. The molecular formula is C14H18N2O5. The van der Waals surface area contributed by atoms with Gasteiger partial charge in [-0.05, 0) is 18.2 Å². The number of carbonyl (C=O) groups is 2. The fourth-order valence-corrected chi connectivity index (χ4v) is 1.52. The van der Waals surface area contributed by atoms with Gasteiger partial charge in [-0.3, -0.25) is 4.79 Å². The summed E-state index contributed by atoms with van der Waals surface area (Å²) >= 11 is 0. The van der Waals surface area contributed by atoms with E-state index in [1.807, 2.05) is 0 Å². The largest absolute Gasteiger partial charge is 0.496 e. The van der Waals surface area contributed by atoms with Gasteiger partial charge in [0, 0.05) is 25.2 Å². The van der Waals surface area contributed by atoms with Gasteiger partial charge in [-0.25, -0.2) is 4.79 Å². The molecule has 0 aliphatic carbocycles. The number of benzene rings is 1. The lowest BCUT2D eigenvalue weighted by atomic mass is 10.1. The molecule has 0 unspecified atom stereocenters. The summed E-state index contributed by atoms with van der Waals surface area (Å²) in [6.45, 7) is 0.833. The number of rotatable bonds is 8.